The lowest BCUT2D eigenvalue weighted by Crippen LogP contribution is -2.03. The fraction of sp³-hybridized carbons (Fsp3) is 0.250. The van der Waals surface area contributed by atoms with Gasteiger partial charge in [-0.1, -0.05) is 23.7 Å². The third-order valence-electron chi connectivity index (χ3n) is 2.51. The van der Waals surface area contributed by atoms with E-state index in [1.807, 2.05) is 29.8 Å². The zero-order valence-electron chi connectivity index (χ0n) is 9.17. The molecule has 1 aromatic heterocycles. The van der Waals surface area contributed by atoms with E-state index in [-0.39, 0.29) is 0 Å². The van der Waals surface area contributed by atoms with E-state index >= 15 is 0 Å². The van der Waals surface area contributed by atoms with Gasteiger partial charge in [0.05, 0.1) is 15.8 Å². The molecule has 2 rings (SSSR count). The van der Waals surface area contributed by atoms with Crippen molar-refractivity contribution in [2.75, 3.05) is 0 Å². The van der Waals surface area contributed by atoms with Crippen LogP contribution in [0.5, 0.6) is 0 Å². The molecule has 0 aliphatic heterocycles. The predicted octanol–water partition coefficient (Wildman–Crippen LogP) is 3.81. The molecule has 0 bridgehead atoms. The largest absolute Gasteiger partial charge is 0.264 e. The molecule has 0 saturated carbocycles. The molecule has 2 nitrogen and oxygen atoms in total. The molecule has 0 aliphatic carbocycles. The predicted molar refractivity (Wildman–Crippen MR) is 75.0 cm³/mol. The second-order valence-electron chi connectivity index (χ2n) is 3.77. The van der Waals surface area contributed by atoms with Crippen molar-refractivity contribution >= 4 is 34.2 Å². The molecular weight excluding hydrogens is 335 g/mol. The molecule has 1 aromatic carbocycles. The van der Waals surface area contributed by atoms with Crippen LogP contribution < -0.4 is 0 Å². The highest BCUT2D eigenvalue weighted by atomic mass is 127. The summed E-state index contributed by atoms with van der Waals surface area (Å²) >= 11 is 8.29. The van der Waals surface area contributed by atoms with Gasteiger partial charge in [0.2, 0.25) is 0 Å². The van der Waals surface area contributed by atoms with Crippen LogP contribution in [0.25, 0.3) is 0 Å². The summed E-state index contributed by atoms with van der Waals surface area (Å²) in [4.78, 5) is 0. The minimum Gasteiger partial charge on any atom is -0.264 e. The van der Waals surface area contributed by atoms with Gasteiger partial charge >= 0.3 is 0 Å². The average Bonchev–Trinajstić information content (AvgIpc) is 2.47. The molecule has 0 N–H and O–H groups in total. The van der Waals surface area contributed by atoms with Crippen LogP contribution in [0, 0.1) is 17.4 Å². The van der Waals surface area contributed by atoms with Crippen molar-refractivity contribution in [3.05, 3.63) is 49.8 Å². The molecule has 2 aromatic rings. The number of aryl methyl sites for hydroxylation is 1. The first-order valence-electron chi connectivity index (χ1n) is 5.02. The van der Waals surface area contributed by atoms with Crippen molar-refractivity contribution in [1.82, 2.24) is 9.78 Å². The standard InChI is InChI=1S/C12H12ClIN2/c1-8-12(14)9(2)16(15-8)7-10-4-3-5-11(13)6-10/h3-6H,7H2,1-2H3. The number of hydrogen-bond acceptors (Lipinski definition) is 1. The fourth-order valence-electron chi connectivity index (χ4n) is 1.64. The Balaban J connectivity index is 2.30. The molecule has 1 heterocycles. The first-order chi connectivity index (χ1) is 7.58. The van der Waals surface area contributed by atoms with Gasteiger partial charge in [-0.2, -0.15) is 5.10 Å². The Morgan fingerprint density at radius 1 is 1.38 bits per heavy atom. The summed E-state index contributed by atoms with van der Waals surface area (Å²) in [5.74, 6) is 0. The maximum atomic E-state index is 5.96. The molecule has 84 valence electrons. The van der Waals surface area contributed by atoms with Crippen LogP contribution in [0.15, 0.2) is 24.3 Å². The highest BCUT2D eigenvalue weighted by Crippen LogP contribution is 2.17. The quantitative estimate of drug-likeness (QED) is 0.756. The molecule has 0 atom stereocenters. The van der Waals surface area contributed by atoms with Gasteiger partial charge in [-0.25, -0.2) is 0 Å². The molecular formula is C12H12ClIN2. The molecule has 4 heteroatoms. The summed E-state index contributed by atoms with van der Waals surface area (Å²) in [6, 6.07) is 7.89. The number of hydrogen-bond donors (Lipinski definition) is 0. The smallest absolute Gasteiger partial charge is 0.0730 e. The summed E-state index contributed by atoms with van der Waals surface area (Å²) < 4.78 is 3.25. The summed E-state index contributed by atoms with van der Waals surface area (Å²) in [6.07, 6.45) is 0. The highest BCUT2D eigenvalue weighted by Gasteiger charge is 2.08. The fourth-order valence-corrected chi connectivity index (χ4v) is 2.24. The SMILES string of the molecule is Cc1nn(Cc2cccc(Cl)c2)c(C)c1I. The van der Waals surface area contributed by atoms with Crippen LogP contribution in [-0.2, 0) is 6.54 Å². The van der Waals surface area contributed by atoms with Gasteiger partial charge < -0.3 is 0 Å². The summed E-state index contributed by atoms with van der Waals surface area (Å²) in [7, 11) is 0. The minimum atomic E-state index is 0.772. The first-order valence-corrected chi connectivity index (χ1v) is 6.47. The van der Waals surface area contributed by atoms with E-state index in [9.17, 15) is 0 Å². The van der Waals surface area contributed by atoms with E-state index in [0.29, 0.717) is 0 Å². The molecule has 0 radical (unpaired) electrons. The van der Waals surface area contributed by atoms with Crippen molar-refractivity contribution in [2.45, 2.75) is 20.4 Å². The Bertz CT molecular complexity index is 520. The van der Waals surface area contributed by atoms with Crippen LogP contribution in [-0.4, -0.2) is 9.78 Å². The van der Waals surface area contributed by atoms with E-state index in [2.05, 4.69) is 40.7 Å². The molecule has 0 saturated heterocycles. The van der Waals surface area contributed by atoms with E-state index < -0.39 is 0 Å². The van der Waals surface area contributed by atoms with Crippen LogP contribution in [0.4, 0.5) is 0 Å². The van der Waals surface area contributed by atoms with Gasteiger partial charge in [-0.15, -0.1) is 0 Å². The third-order valence-corrected chi connectivity index (χ3v) is 4.31. The lowest BCUT2D eigenvalue weighted by Gasteiger charge is -2.04. The Hall–Kier alpha value is -0.550. The molecule has 0 aliphatic rings. The molecule has 16 heavy (non-hydrogen) atoms. The molecule has 0 fully saturated rings. The number of benzene rings is 1. The molecule has 0 amide bonds. The maximum Gasteiger partial charge on any atom is 0.0730 e. The Kier molecular flexibility index (Phi) is 3.54. The number of rotatable bonds is 2. The van der Waals surface area contributed by atoms with Crippen molar-refractivity contribution in [3.63, 3.8) is 0 Å². The maximum absolute atomic E-state index is 5.96. The Morgan fingerprint density at radius 2 is 2.12 bits per heavy atom. The van der Waals surface area contributed by atoms with Gasteiger partial charge in [0.1, 0.15) is 0 Å². The van der Waals surface area contributed by atoms with Crippen LogP contribution >= 0.6 is 34.2 Å². The number of halogens is 2. The summed E-state index contributed by atoms with van der Waals surface area (Å²) in [6.45, 7) is 4.89. The van der Waals surface area contributed by atoms with Gasteiger partial charge in [0, 0.05) is 10.7 Å². The topological polar surface area (TPSA) is 17.8 Å². The van der Waals surface area contributed by atoms with Crippen LogP contribution in [0.2, 0.25) is 5.02 Å². The minimum absolute atomic E-state index is 0.772. The zero-order chi connectivity index (χ0) is 11.7. The third kappa shape index (κ3) is 2.40. The summed E-state index contributed by atoms with van der Waals surface area (Å²) in [5.41, 5.74) is 3.47. The van der Waals surface area contributed by atoms with E-state index in [4.69, 9.17) is 11.6 Å². The second kappa shape index (κ2) is 4.75. The van der Waals surface area contributed by atoms with Crippen LogP contribution in [0.1, 0.15) is 17.0 Å². The lowest BCUT2D eigenvalue weighted by molar-refractivity contribution is 0.658. The van der Waals surface area contributed by atoms with Gasteiger partial charge in [0.25, 0.3) is 0 Å². The van der Waals surface area contributed by atoms with Gasteiger partial charge in [-0.05, 0) is 54.1 Å². The van der Waals surface area contributed by atoms with E-state index in [0.717, 1.165) is 17.3 Å². The number of nitrogens with zero attached hydrogens (tertiary/aromatic N) is 2. The molecule has 0 unspecified atom stereocenters. The van der Waals surface area contributed by atoms with Crippen LogP contribution in [0.3, 0.4) is 0 Å². The highest BCUT2D eigenvalue weighted by molar-refractivity contribution is 14.1. The van der Waals surface area contributed by atoms with Crippen molar-refractivity contribution in [1.29, 1.82) is 0 Å². The monoisotopic (exact) mass is 346 g/mol. The molecule has 0 spiro atoms. The lowest BCUT2D eigenvalue weighted by atomic mass is 10.2. The van der Waals surface area contributed by atoms with Crippen molar-refractivity contribution < 1.29 is 0 Å². The van der Waals surface area contributed by atoms with Crippen molar-refractivity contribution in [2.24, 2.45) is 0 Å². The first kappa shape index (κ1) is 11.9. The summed E-state index contributed by atoms with van der Waals surface area (Å²) in [5, 5.41) is 5.27. The van der Waals surface area contributed by atoms with E-state index in [1.54, 1.807) is 0 Å². The van der Waals surface area contributed by atoms with Gasteiger partial charge in [-0.3, -0.25) is 4.68 Å². The Morgan fingerprint density at radius 3 is 2.69 bits per heavy atom. The normalized spacial score (nSPS) is 10.8. The second-order valence-corrected chi connectivity index (χ2v) is 5.29. The number of aromatic nitrogens is 2. The average molecular weight is 347 g/mol. The van der Waals surface area contributed by atoms with Gasteiger partial charge in [0.15, 0.2) is 0 Å². The van der Waals surface area contributed by atoms with E-state index in [1.165, 1.54) is 14.8 Å². The Labute approximate surface area is 114 Å². The zero-order valence-corrected chi connectivity index (χ0v) is 12.1. The van der Waals surface area contributed by atoms with Crippen molar-refractivity contribution in [3.8, 4) is 0 Å².